The van der Waals surface area contributed by atoms with E-state index in [0.29, 0.717) is 84.7 Å². The smallest absolute Gasteiger partial charge is 0.276 e. The molecule has 0 amide bonds. The van der Waals surface area contributed by atoms with Gasteiger partial charge >= 0.3 is 0 Å². The van der Waals surface area contributed by atoms with Crippen molar-refractivity contribution >= 4 is 97.5 Å². The Kier molecular flexibility index (Phi) is 17.9. The van der Waals surface area contributed by atoms with Gasteiger partial charge in [0, 0.05) is 29.7 Å². The van der Waals surface area contributed by atoms with Gasteiger partial charge in [-0.15, -0.1) is 4.52 Å². The zero-order valence-electron chi connectivity index (χ0n) is 39.2. The minimum absolute atomic E-state index is 0.192. The van der Waals surface area contributed by atoms with Crippen molar-refractivity contribution in [3.63, 3.8) is 0 Å². The van der Waals surface area contributed by atoms with Crippen molar-refractivity contribution < 1.29 is 0 Å². The normalized spacial score (nSPS) is 20.4. The summed E-state index contributed by atoms with van der Waals surface area (Å²) in [6.45, 7) is 0. The van der Waals surface area contributed by atoms with Crippen LogP contribution in [-0.4, -0.2) is 134 Å². The van der Waals surface area contributed by atoms with E-state index in [2.05, 4.69) is 185 Å². The second-order valence-electron chi connectivity index (χ2n) is 15.6. The SMILES string of the molecule is C1=CC2CSNC2C=C1.C1=CC2N=NSC2C=C1.C1=CC2NNSC2C=C1.Nc1ncnc2nc[nH]c12.O=c1[nH]cnc2nc[nH]c12.O=c1[nH]cnc2nc[nH]c12.O=c1[nH]cnc2nc[nH]c12.c1ncc2[nH]cnc2n1. The summed E-state index contributed by atoms with van der Waals surface area (Å²) >= 11 is 5.10. The van der Waals surface area contributed by atoms with Gasteiger partial charge in [-0.25, -0.2) is 65.2 Å². The highest BCUT2D eigenvalue weighted by molar-refractivity contribution is 7.99. The van der Waals surface area contributed by atoms with E-state index in [4.69, 9.17) is 5.73 Å². The lowest BCUT2D eigenvalue weighted by atomic mass is 9.98. The lowest BCUT2D eigenvalue weighted by Gasteiger charge is -2.12. The number of fused-ring (bicyclic) bond motifs is 8. The summed E-state index contributed by atoms with van der Waals surface area (Å²) in [5.74, 6) is 2.41. The molecule has 2 saturated heterocycles. The number of rotatable bonds is 0. The molecule has 6 unspecified atom stereocenters. The van der Waals surface area contributed by atoms with Crippen LogP contribution in [0.15, 0.2) is 166 Å². The van der Waals surface area contributed by atoms with Gasteiger partial charge in [0.15, 0.2) is 50.6 Å². The summed E-state index contributed by atoms with van der Waals surface area (Å²) < 4.78 is 7.20. The van der Waals surface area contributed by atoms with Gasteiger partial charge in [-0.3, -0.25) is 19.1 Å². The van der Waals surface area contributed by atoms with Gasteiger partial charge in [-0.2, -0.15) is 9.95 Å². The Balaban J connectivity index is 0.000000106. The zero-order valence-corrected chi connectivity index (χ0v) is 41.7. The van der Waals surface area contributed by atoms with E-state index < -0.39 is 0 Å². The second kappa shape index (κ2) is 26.2. The molecule has 3 aliphatic carbocycles. The zero-order chi connectivity index (χ0) is 52.3. The Bertz CT molecular complexity index is 3560. The van der Waals surface area contributed by atoms with Gasteiger partial charge in [0.25, 0.3) is 16.7 Å². The Morgan fingerprint density at radius 1 is 0.487 bits per heavy atom. The average molecular weight is 1080 g/mol. The maximum absolute atomic E-state index is 10.9. The summed E-state index contributed by atoms with van der Waals surface area (Å²) in [5, 5.41) is 5.08. The first-order valence-electron chi connectivity index (χ1n) is 22.6. The van der Waals surface area contributed by atoms with Crippen LogP contribution in [0.2, 0.25) is 0 Å². The van der Waals surface area contributed by atoms with E-state index in [0.717, 1.165) is 11.4 Å². The molecule has 0 aromatic carbocycles. The molecule has 13 N–H and O–H groups in total. The highest BCUT2D eigenvalue weighted by Gasteiger charge is 2.25. The molecule has 76 heavy (non-hydrogen) atoms. The first-order valence-corrected chi connectivity index (χ1v) is 25.3. The lowest BCUT2D eigenvalue weighted by Crippen LogP contribution is -2.31. The number of nitrogens with two attached hydrogens (primary N) is 1. The number of aromatic nitrogens is 20. The monoisotopic (exact) mass is 1080 g/mol. The van der Waals surface area contributed by atoms with Crippen LogP contribution in [-0.2, 0) is 0 Å². The van der Waals surface area contributed by atoms with E-state index >= 15 is 0 Å². The molecule has 386 valence electrons. The van der Waals surface area contributed by atoms with Gasteiger partial charge in [0.1, 0.15) is 29.7 Å². The fraction of sp³-hybridized carbons (Fsp3) is 0.159. The molecule has 29 nitrogen and oxygen atoms in total. The molecule has 6 aliphatic rings. The molecule has 0 saturated carbocycles. The van der Waals surface area contributed by atoms with E-state index in [1.807, 2.05) is 24.1 Å². The standard InChI is InChI=1S/C7H9NS.C6H8N2S.C6H6N2S.C5H5N5.3C5H4N4O.C5H4N4/c1-2-4-7-6(3-1)5-9-8-7;2*1-2-4-6-5(3-1)7-8-9-6;6-4-3-5(9-1-7-3)10-2-8-4;3*10-5-3-4(7-1-6-3)8-2-9-5;1-4-5(8-2-6-1)9-3-7-4/h1-4,6-8H,5H2;1-8H;1-6H;1-2H,(H3,6,7,8,9,10);3*1-2H,(H2,6,7,8,9,10);1-3H,(H,6,7,8,9). The molecule has 10 aromatic heterocycles. The van der Waals surface area contributed by atoms with E-state index in [1.54, 1.807) is 36.4 Å². The number of allylic oxidation sites excluding steroid dienone is 6. The maximum Gasteiger partial charge on any atom is 0.276 e. The molecular weight excluding hydrogens is 1040 g/mol. The summed E-state index contributed by atoms with van der Waals surface area (Å²) in [4.78, 5) is 103. The van der Waals surface area contributed by atoms with Crippen LogP contribution in [0.5, 0.6) is 0 Å². The number of nitrogen functional groups attached to an aromatic ring is 1. The van der Waals surface area contributed by atoms with Crippen LogP contribution in [0.3, 0.4) is 0 Å². The number of hydrogen-bond acceptors (Lipinski definition) is 24. The Morgan fingerprint density at radius 2 is 0.987 bits per heavy atom. The second-order valence-corrected chi connectivity index (χ2v) is 18.3. The van der Waals surface area contributed by atoms with Gasteiger partial charge in [0.2, 0.25) is 0 Å². The maximum atomic E-state index is 10.9. The first-order chi connectivity index (χ1) is 37.4. The summed E-state index contributed by atoms with van der Waals surface area (Å²) in [7, 11) is 0. The van der Waals surface area contributed by atoms with Crippen molar-refractivity contribution in [3.8, 4) is 0 Å². The minimum atomic E-state index is -0.192. The van der Waals surface area contributed by atoms with Crippen LogP contribution in [0.25, 0.3) is 55.8 Å². The molecular formula is C44H44N26O3S3. The average Bonchev–Trinajstić information content (AvgIpc) is 4.30. The first kappa shape index (κ1) is 51.8. The van der Waals surface area contributed by atoms with Gasteiger partial charge in [-0.1, -0.05) is 96.8 Å². The number of imidazole rings is 5. The molecule has 0 spiro atoms. The molecule has 6 atom stereocenters. The number of aromatic amines is 8. The molecule has 13 heterocycles. The molecule has 2 fully saturated rings. The predicted octanol–water partition coefficient (Wildman–Crippen LogP) is 3.14. The highest BCUT2D eigenvalue weighted by Crippen LogP contribution is 2.30. The third kappa shape index (κ3) is 13.7. The van der Waals surface area contributed by atoms with Crippen molar-refractivity contribution in [3.05, 3.63) is 173 Å². The lowest BCUT2D eigenvalue weighted by molar-refractivity contribution is 0.636. The van der Waals surface area contributed by atoms with Crippen LogP contribution in [0.4, 0.5) is 5.82 Å². The van der Waals surface area contributed by atoms with Crippen molar-refractivity contribution in [2.24, 2.45) is 15.6 Å². The number of nitrogens with zero attached hydrogens (tertiary/aromatic N) is 14. The van der Waals surface area contributed by atoms with E-state index in [1.165, 1.54) is 62.7 Å². The Hall–Kier alpha value is -9.08. The van der Waals surface area contributed by atoms with E-state index in [9.17, 15) is 14.4 Å². The Labute approximate surface area is 439 Å². The van der Waals surface area contributed by atoms with Gasteiger partial charge in [0.05, 0.1) is 73.4 Å². The number of nitrogens with one attached hydrogen (secondary N) is 11. The van der Waals surface area contributed by atoms with Crippen LogP contribution < -0.4 is 37.4 Å². The number of anilines is 1. The summed E-state index contributed by atoms with van der Waals surface area (Å²) in [6, 6.07) is 1.43. The van der Waals surface area contributed by atoms with Crippen LogP contribution in [0, 0.1) is 5.92 Å². The molecule has 0 radical (unpaired) electrons. The topological polar surface area (TPSA) is 419 Å². The van der Waals surface area contributed by atoms with Gasteiger partial charge < -0.3 is 45.6 Å². The highest BCUT2D eigenvalue weighted by atomic mass is 32.2. The summed E-state index contributed by atoms with van der Waals surface area (Å²) in [6.07, 6.45) is 41.5. The molecule has 0 bridgehead atoms. The summed E-state index contributed by atoms with van der Waals surface area (Å²) in [5.41, 5.74) is 13.5. The van der Waals surface area contributed by atoms with Crippen molar-refractivity contribution in [1.82, 2.24) is 115 Å². The number of H-pyrrole nitrogens is 8. The fourth-order valence-electron chi connectivity index (χ4n) is 6.90. The molecule has 32 heteroatoms. The van der Waals surface area contributed by atoms with Crippen molar-refractivity contribution in [2.75, 3.05) is 11.5 Å². The number of hydrazine groups is 1. The van der Waals surface area contributed by atoms with Crippen molar-refractivity contribution in [2.45, 2.75) is 28.6 Å². The fourth-order valence-corrected chi connectivity index (χ4v) is 9.47. The molecule has 16 rings (SSSR count). The minimum Gasteiger partial charge on any atom is -0.382 e. The van der Waals surface area contributed by atoms with Crippen molar-refractivity contribution in [1.29, 1.82) is 0 Å². The van der Waals surface area contributed by atoms with E-state index in [-0.39, 0.29) is 16.7 Å². The van der Waals surface area contributed by atoms with Gasteiger partial charge in [-0.05, 0) is 0 Å². The number of hydrogen-bond donors (Lipinski definition) is 12. The largest absolute Gasteiger partial charge is 0.382 e. The third-order valence-corrected chi connectivity index (χ3v) is 13.5. The molecule has 10 aromatic rings. The van der Waals surface area contributed by atoms with Crippen LogP contribution in [0.1, 0.15) is 0 Å². The third-order valence-electron chi connectivity index (χ3n) is 10.7. The van der Waals surface area contributed by atoms with Crippen LogP contribution >= 0.6 is 35.8 Å². The predicted molar refractivity (Wildman–Crippen MR) is 290 cm³/mol. The Morgan fingerprint density at radius 3 is 1.55 bits per heavy atom. The molecule has 3 aliphatic heterocycles. The quantitative estimate of drug-likeness (QED) is 0.0970.